The Bertz CT molecular complexity index is 823. The van der Waals surface area contributed by atoms with E-state index in [1.54, 1.807) is 36.0 Å². The van der Waals surface area contributed by atoms with Crippen LogP contribution in [0.2, 0.25) is 5.02 Å². The van der Waals surface area contributed by atoms with Gasteiger partial charge in [0, 0.05) is 16.3 Å². The molecule has 3 rings (SSSR count). The third-order valence-corrected chi connectivity index (χ3v) is 4.65. The lowest BCUT2D eigenvalue weighted by atomic mass is 10.1. The van der Waals surface area contributed by atoms with Gasteiger partial charge in [0.2, 0.25) is 0 Å². The number of aromatic amines is 1. The number of aromatic nitrogens is 3. The van der Waals surface area contributed by atoms with Crippen molar-refractivity contribution in [1.82, 2.24) is 20.5 Å². The van der Waals surface area contributed by atoms with Crippen molar-refractivity contribution in [2.24, 2.45) is 0 Å². The van der Waals surface area contributed by atoms with Gasteiger partial charge in [0.05, 0.1) is 6.54 Å². The van der Waals surface area contributed by atoms with Crippen LogP contribution < -0.4 is 10.1 Å². The highest BCUT2D eigenvalue weighted by atomic mass is 35.5. The van der Waals surface area contributed by atoms with E-state index < -0.39 is 0 Å². The number of carbonyl (C=O) groups is 1. The fourth-order valence-corrected chi connectivity index (χ4v) is 2.99. The van der Waals surface area contributed by atoms with Gasteiger partial charge in [0.15, 0.2) is 5.16 Å². The quantitative estimate of drug-likeness (QED) is 0.455. The molecule has 1 aromatic heterocycles. The number of halogens is 1. The van der Waals surface area contributed by atoms with Crippen LogP contribution in [-0.2, 0) is 5.75 Å². The van der Waals surface area contributed by atoms with Crippen LogP contribution in [0, 0.1) is 0 Å². The second-order valence-corrected chi connectivity index (χ2v) is 6.73. The maximum absolute atomic E-state index is 12.1. The summed E-state index contributed by atoms with van der Waals surface area (Å²) in [6, 6.07) is 14.6. The summed E-state index contributed by atoms with van der Waals surface area (Å²) in [4.78, 5) is 16.2. The smallest absolute Gasteiger partial charge is 0.251 e. The molecule has 0 aliphatic carbocycles. The topological polar surface area (TPSA) is 79.9 Å². The lowest BCUT2D eigenvalue weighted by Gasteiger charge is -2.08. The summed E-state index contributed by atoms with van der Waals surface area (Å²) in [6.07, 6.45) is 1.48. The summed E-state index contributed by atoms with van der Waals surface area (Å²) in [5.74, 6) is 1.35. The second-order valence-electron chi connectivity index (χ2n) is 5.33. The number of benzene rings is 2. The zero-order chi connectivity index (χ0) is 18.2. The van der Waals surface area contributed by atoms with Crippen molar-refractivity contribution in [2.75, 3.05) is 13.2 Å². The van der Waals surface area contributed by atoms with Crippen molar-refractivity contribution in [2.45, 2.75) is 10.9 Å². The van der Waals surface area contributed by atoms with E-state index in [1.807, 2.05) is 24.3 Å². The SMILES string of the molecule is O=C(NCCOc1ccc(Cl)cc1)c1ccc(CSc2ncn[nH]2)cc1. The molecular weight excluding hydrogens is 372 g/mol. The van der Waals surface area contributed by atoms with Gasteiger partial charge in [-0.1, -0.05) is 35.5 Å². The Labute approximate surface area is 160 Å². The molecule has 2 aromatic carbocycles. The van der Waals surface area contributed by atoms with Crippen LogP contribution in [0.4, 0.5) is 0 Å². The lowest BCUT2D eigenvalue weighted by molar-refractivity contribution is 0.0947. The van der Waals surface area contributed by atoms with E-state index in [2.05, 4.69) is 20.5 Å². The maximum Gasteiger partial charge on any atom is 0.251 e. The van der Waals surface area contributed by atoms with E-state index in [1.165, 1.54) is 6.33 Å². The molecule has 0 radical (unpaired) electrons. The molecule has 1 heterocycles. The normalized spacial score (nSPS) is 10.5. The summed E-state index contributed by atoms with van der Waals surface area (Å²) in [6.45, 7) is 0.809. The molecule has 2 N–H and O–H groups in total. The minimum atomic E-state index is -0.126. The van der Waals surface area contributed by atoms with Crippen LogP contribution in [-0.4, -0.2) is 34.2 Å². The molecule has 26 heavy (non-hydrogen) atoms. The summed E-state index contributed by atoms with van der Waals surface area (Å²) in [7, 11) is 0. The van der Waals surface area contributed by atoms with Gasteiger partial charge in [-0.3, -0.25) is 9.89 Å². The van der Waals surface area contributed by atoms with Crippen LogP contribution in [0.1, 0.15) is 15.9 Å². The average molecular weight is 389 g/mol. The van der Waals surface area contributed by atoms with Crippen LogP contribution in [0.3, 0.4) is 0 Å². The van der Waals surface area contributed by atoms with Crippen LogP contribution in [0.25, 0.3) is 0 Å². The largest absolute Gasteiger partial charge is 0.492 e. The Morgan fingerprint density at radius 3 is 2.62 bits per heavy atom. The van der Waals surface area contributed by atoms with Gasteiger partial charge in [-0.15, -0.1) is 0 Å². The van der Waals surface area contributed by atoms with Crippen LogP contribution >= 0.6 is 23.4 Å². The molecule has 0 saturated carbocycles. The Morgan fingerprint density at radius 1 is 1.15 bits per heavy atom. The van der Waals surface area contributed by atoms with E-state index in [0.717, 1.165) is 22.2 Å². The van der Waals surface area contributed by atoms with Gasteiger partial charge in [0.1, 0.15) is 18.7 Å². The fraction of sp³-hybridized carbons (Fsp3) is 0.167. The van der Waals surface area contributed by atoms with Gasteiger partial charge < -0.3 is 10.1 Å². The number of nitrogens with one attached hydrogen (secondary N) is 2. The predicted octanol–water partition coefficient (Wildman–Crippen LogP) is 3.56. The molecule has 0 fully saturated rings. The number of H-pyrrole nitrogens is 1. The molecule has 0 saturated heterocycles. The Balaban J connectivity index is 1.40. The van der Waals surface area contributed by atoms with E-state index in [0.29, 0.717) is 23.7 Å². The minimum absolute atomic E-state index is 0.126. The number of rotatable bonds is 8. The highest BCUT2D eigenvalue weighted by Gasteiger charge is 2.06. The summed E-state index contributed by atoms with van der Waals surface area (Å²) >= 11 is 7.37. The molecule has 8 heteroatoms. The Morgan fingerprint density at radius 2 is 1.92 bits per heavy atom. The summed E-state index contributed by atoms with van der Waals surface area (Å²) < 4.78 is 5.54. The maximum atomic E-state index is 12.1. The van der Waals surface area contributed by atoms with Crippen molar-refractivity contribution in [3.63, 3.8) is 0 Å². The van der Waals surface area contributed by atoms with Crippen molar-refractivity contribution >= 4 is 29.3 Å². The van der Waals surface area contributed by atoms with E-state index in [9.17, 15) is 4.79 Å². The molecule has 0 aliphatic heterocycles. The highest BCUT2D eigenvalue weighted by Crippen LogP contribution is 2.18. The average Bonchev–Trinajstić information content (AvgIpc) is 3.19. The third kappa shape index (κ3) is 5.50. The van der Waals surface area contributed by atoms with Crippen LogP contribution in [0.15, 0.2) is 60.0 Å². The molecule has 1 amide bonds. The van der Waals surface area contributed by atoms with Gasteiger partial charge in [0.25, 0.3) is 5.91 Å². The molecule has 0 bridgehead atoms. The third-order valence-electron chi connectivity index (χ3n) is 3.45. The molecule has 0 spiro atoms. The van der Waals surface area contributed by atoms with Gasteiger partial charge in [-0.25, -0.2) is 4.98 Å². The number of amides is 1. The van der Waals surface area contributed by atoms with Crippen LogP contribution in [0.5, 0.6) is 5.75 Å². The molecule has 0 unspecified atom stereocenters. The first-order valence-electron chi connectivity index (χ1n) is 7.94. The van der Waals surface area contributed by atoms with Crippen molar-refractivity contribution < 1.29 is 9.53 Å². The number of ether oxygens (including phenoxy) is 1. The zero-order valence-corrected chi connectivity index (χ0v) is 15.4. The molecule has 0 aliphatic rings. The zero-order valence-electron chi connectivity index (χ0n) is 13.8. The predicted molar refractivity (Wildman–Crippen MR) is 102 cm³/mol. The van der Waals surface area contributed by atoms with Gasteiger partial charge >= 0.3 is 0 Å². The summed E-state index contributed by atoms with van der Waals surface area (Å²) in [5, 5.41) is 10.9. The van der Waals surface area contributed by atoms with E-state index in [-0.39, 0.29) is 5.91 Å². The number of carbonyl (C=O) groups excluding carboxylic acids is 1. The fourth-order valence-electron chi connectivity index (χ4n) is 2.13. The summed E-state index contributed by atoms with van der Waals surface area (Å²) in [5.41, 5.74) is 1.72. The minimum Gasteiger partial charge on any atom is -0.492 e. The first-order chi connectivity index (χ1) is 12.7. The van der Waals surface area contributed by atoms with E-state index in [4.69, 9.17) is 16.3 Å². The van der Waals surface area contributed by atoms with E-state index >= 15 is 0 Å². The van der Waals surface area contributed by atoms with Crippen molar-refractivity contribution in [3.8, 4) is 5.75 Å². The second kappa shape index (κ2) is 9.26. The van der Waals surface area contributed by atoms with Crippen molar-refractivity contribution in [1.29, 1.82) is 0 Å². The number of hydrogen-bond donors (Lipinski definition) is 2. The first-order valence-corrected chi connectivity index (χ1v) is 9.31. The molecule has 134 valence electrons. The first kappa shape index (κ1) is 18.3. The highest BCUT2D eigenvalue weighted by molar-refractivity contribution is 7.98. The van der Waals surface area contributed by atoms with Gasteiger partial charge in [-0.2, -0.15) is 5.10 Å². The van der Waals surface area contributed by atoms with Crippen molar-refractivity contribution in [3.05, 3.63) is 71.0 Å². The number of nitrogens with zero attached hydrogens (tertiary/aromatic N) is 2. The standard InChI is InChI=1S/C18H17ClN4O2S/c19-15-5-7-16(8-6-15)25-10-9-20-17(24)14-3-1-13(2-4-14)11-26-18-21-12-22-23-18/h1-8,12H,9-11H2,(H,20,24)(H,21,22,23). The lowest BCUT2D eigenvalue weighted by Crippen LogP contribution is -2.28. The Hall–Kier alpha value is -2.51. The molecule has 3 aromatic rings. The molecule has 6 nitrogen and oxygen atoms in total. The van der Waals surface area contributed by atoms with Gasteiger partial charge in [-0.05, 0) is 42.0 Å². The number of thioether (sulfide) groups is 1. The molecule has 0 atom stereocenters. The molecular formula is C18H17ClN4O2S. The monoisotopic (exact) mass is 388 g/mol. The number of hydrogen-bond acceptors (Lipinski definition) is 5. The Kier molecular flexibility index (Phi) is 6.51.